The van der Waals surface area contributed by atoms with Gasteiger partial charge in [0.15, 0.2) is 0 Å². The van der Waals surface area contributed by atoms with Crippen LogP contribution in [0, 0.1) is 5.92 Å². The second-order valence-corrected chi connectivity index (χ2v) is 6.01. The third-order valence-electron chi connectivity index (χ3n) is 2.97. The molecule has 0 radical (unpaired) electrons. The van der Waals surface area contributed by atoms with Gasteiger partial charge in [-0.25, -0.2) is 13.1 Å². The van der Waals surface area contributed by atoms with Crippen molar-refractivity contribution in [1.29, 1.82) is 0 Å². The summed E-state index contributed by atoms with van der Waals surface area (Å²) in [4.78, 5) is 0.0904. The van der Waals surface area contributed by atoms with Crippen molar-refractivity contribution in [1.82, 2.24) is 4.72 Å². The standard InChI is InChI=1S/C12H19NO3S/c1-4-9(2)10(3)13-17(15,16)12-7-5-6-11(14)8-12/h5-10,13-14H,4H2,1-3H3. The zero-order valence-corrected chi connectivity index (χ0v) is 11.2. The number of aromatic hydroxyl groups is 1. The first-order chi connectivity index (χ1) is 7.86. The largest absolute Gasteiger partial charge is 0.508 e. The smallest absolute Gasteiger partial charge is 0.240 e. The van der Waals surface area contributed by atoms with Gasteiger partial charge in [-0.2, -0.15) is 0 Å². The SMILES string of the molecule is CCC(C)C(C)NS(=O)(=O)c1cccc(O)c1. The molecule has 0 aliphatic carbocycles. The Morgan fingerprint density at radius 1 is 1.35 bits per heavy atom. The zero-order chi connectivity index (χ0) is 13.1. The van der Waals surface area contributed by atoms with E-state index in [9.17, 15) is 13.5 Å². The lowest BCUT2D eigenvalue weighted by atomic mass is 10.0. The molecule has 0 bridgehead atoms. The van der Waals surface area contributed by atoms with E-state index in [2.05, 4.69) is 4.72 Å². The maximum absolute atomic E-state index is 12.0. The monoisotopic (exact) mass is 257 g/mol. The van der Waals surface area contributed by atoms with Crippen LogP contribution in [-0.4, -0.2) is 19.6 Å². The lowest BCUT2D eigenvalue weighted by Gasteiger charge is -2.19. The lowest BCUT2D eigenvalue weighted by molar-refractivity contribution is 0.433. The molecule has 0 aromatic heterocycles. The van der Waals surface area contributed by atoms with Crippen molar-refractivity contribution >= 4 is 10.0 Å². The maximum atomic E-state index is 12.0. The minimum absolute atomic E-state index is 0.0518. The van der Waals surface area contributed by atoms with E-state index in [4.69, 9.17) is 0 Å². The van der Waals surface area contributed by atoms with Crippen LogP contribution in [0.1, 0.15) is 27.2 Å². The summed E-state index contributed by atoms with van der Waals surface area (Å²) in [6.07, 6.45) is 0.906. The summed E-state index contributed by atoms with van der Waals surface area (Å²) in [6, 6.07) is 5.53. The number of hydrogen-bond donors (Lipinski definition) is 2. The molecule has 4 nitrogen and oxygen atoms in total. The molecule has 1 aromatic rings. The van der Waals surface area contributed by atoms with Gasteiger partial charge in [0.05, 0.1) is 4.90 Å². The summed E-state index contributed by atoms with van der Waals surface area (Å²) < 4.78 is 26.6. The van der Waals surface area contributed by atoms with Gasteiger partial charge in [-0.3, -0.25) is 0 Å². The van der Waals surface area contributed by atoms with Crippen molar-refractivity contribution in [2.75, 3.05) is 0 Å². The van der Waals surface area contributed by atoms with Crippen molar-refractivity contribution in [2.45, 2.75) is 38.1 Å². The number of benzene rings is 1. The molecule has 17 heavy (non-hydrogen) atoms. The van der Waals surface area contributed by atoms with E-state index >= 15 is 0 Å². The van der Waals surface area contributed by atoms with E-state index in [1.165, 1.54) is 24.3 Å². The van der Waals surface area contributed by atoms with Crippen molar-refractivity contribution in [3.8, 4) is 5.75 Å². The Labute approximate surface area is 103 Å². The highest BCUT2D eigenvalue weighted by atomic mass is 32.2. The summed E-state index contributed by atoms with van der Waals surface area (Å²) in [5.74, 6) is 0.214. The zero-order valence-electron chi connectivity index (χ0n) is 10.3. The van der Waals surface area contributed by atoms with Crippen LogP contribution in [0.4, 0.5) is 0 Å². The van der Waals surface area contributed by atoms with Crippen LogP contribution in [0.25, 0.3) is 0 Å². The van der Waals surface area contributed by atoms with Gasteiger partial charge in [0.1, 0.15) is 5.75 Å². The molecule has 5 heteroatoms. The van der Waals surface area contributed by atoms with Crippen LogP contribution in [0.2, 0.25) is 0 Å². The summed E-state index contributed by atoms with van der Waals surface area (Å²) in [6.45, 7) is 5.86. The van der Waals surface area contributed by atoms with Gasteiger partial charge in [0.2, 0.25) is 10.0 Å². The van der Waals surface area contributed by atoms with E-state index in [1.807, 2.05) is 20.8 Å². The number of hydrogen-bond acceptors (Lipinski definition) is 3. The van der Waals surface area contributed by atoms with Crippen LogP contribution in [-0.2, 0) is 10.0 Å². The van der Waals surface area contributed by atoms with E-state index < -0.39 is 10.0 Å². The van der Waals surface area contributed by atoms with Gasteiger partial charge >= 0.3 is 0 Å². The fourth-order valence-corrected chi connectivity index (χ4v) is 2.82. The van der Waals surface area contributed by atoms with Gasteiger partial charge in [-0.1, -0.05) is 26.3 Å². The number of phenols is 1. The highest BCUT2D eigenvalue weighted by Gasteiger charge is 2.20. The Hall–Kier alpha value is -1.07. The topological polar surface area (TPSA) is 66.4 Å². The lowest BCUT2D eigenvalue weighted by Crippen LogP contribution is -2.36. The van der Waals surface area contributed by atoms with Gasteiger partial charge in [-0.05, 0) is 31.0 Å². The molecule has 0 amide bonds. The first-order valence-corrected chi connectivity index (χ1v) is 7.16. The Morgan fingerprint density at radius 3 is 2.53 bits per heavy atom. The number of nitrogens with one attached hydrogen (secondary N) is 1. The molecule has 2 unspecified atom stereocenters. The highest BCUT2D eigenvalue weighted by Crippen LogP contribution is 2.17. The third-order valence-corrected chi connectivity index (χ3v) is 4.52. The van der Waals surface area contributed by atoms with Crippen molar-refractivity contribution in [3.05, 3.63) is 24.3 Å². The molecule has 0 fully saturated rings. The normalized spacial score (nSPS) is 15.5. The average molecular weight is 257 g/mol. The molecule has 1 aromatic carbocycles. The first kappa shape index (κ1) is 14.0. The van der Waals surface area contributed by atoms with E-state index in [0.717, 1.165) is 6.42 Å². The van der Waals surface area contributed by atoms with E-state index in [-0.39, 0.29) is 22.6 Å². The molecule has 1 rings (SSSR count). The quantitative estimate of drug-likeness (QED) is 0.849. The molecule has 2 N–H and O–H groups in total. The van der Waals surface area contributed by atoms with Crippen LogP contribution >= 0.6 is 0 Å². The van der Waals surface area contributed by atoms with Crippen LogP contribution in [0.5, 0.6) is 5.75 Å². The Kier molecular flexibility index (Phi) is 4.54. The Bertz CT molecular complexity index is 470. The van der Waals surface area contributed by atoms with Gasteiger partial charge in [-0.15, -0.1) is 0 Å². The molecular weight excluding hydrogens is 238 g/mol. The maximum Gasteiger partial charge on any atom is 0.240 e. The van der Waals surface area contributed by atoms with Crippen molar-refractivity contribution < 1.29 is 13.5 Å². The molecule has 0 aliphatic heterocycles. The second-order valence-electron chi connectivity index (χ2n) is 4.29. The predicted octanol–water partition coefficient (Wildman–Crippen LogP) is 2.11. The predicted molar refractivity (Wildman–Crippen MR) is 67.3 cm³/mol. The Balaban J connectivity index is 2.89. The molecule has 0 saturated heterocycles. The van der Waals surface area contributed by atoms with E-state index in [0.29, 0.717) is 0 Å². The fourth-order valence-electron chi connectivity index (χ4n) is 1.43. The molecule has 0 aliphatic rings. The van der Waals surface area contributed by atoms with Crippen molar-refractivity contribution in [3.63, 3.8) is 0 Å². The van der Waals surface area contributed by atoms with Crippen LogP contribution in [0.3, 0.4) is 0 Å². The number of rotatable bonds is 5. The molecule has 0 saturated carbocycles. The van der Waals surface area contributed by atoms with Crippen LogP contribution < -0.4 is 4.72 Å². The Morgan fingerprint density at radius 2 is 2.00 bits per heavy atom. The average Bonchev–Trinajstić information content (AvgIpc) is 2.27. The summed E-state index contributed by atoms with van der Waals surface area (Å²) in [7, 11) is -3.55. The second kappa shape index (κ2) is 5.51. The summed E-state index contributed by atoms with van der Waals surface area (Å²) >= 11 is 0. The van der Waals surface area contributed by atoms with Gasteiger partial charge in [0, 0.05) is 6.04 Å². The molecular formula is C12H19NO3S. The third kappa shape index (κ3) is 3.71. The highest BCUT2D eigenvalue weighted by molar-refractivity contribution is 7.89. The van der Waals surface area contributed by atoms with Gasteiger partial charge in [0.25, 0.3) is 0 Å². The minimum Gasteiger partial charge on any atom is -0.508 e. The fraction of sp³-hybridized carbons (Fsp3) is 0.500. The molecule has 0 heterocycles. The summed E-state index contributed by atoms with van der Waals surface area (Å²) in [5.41, 5.74) is 0. The summed E-state index contributed by atoms with van der Waals surface area (Å²) in [5, 5.41) is 9.27. The number of phenolic OH excluding ortho intramolecular Hbond substituents is 1. The van der Waals surface area contributed by atoms with Gasteiger partial charge < -0.3 is 5.11 Å². The molecule has 96 valence electrons. The molecule has 0 spiro atoms. The minimum atomic E-state index is -3.55. The van der Waals surface area contributed by atoms with Crippen molar-refractivity contribution in [2.24, 2.45) is 5.92 Å². The first-order valence-electron chi connectivity index (χ1n) is 5.68. The molecule has 2 atom stereocenters. The van der Waals surface area contributed by atoms with Crippen LogP contribution in [0.15, 0.2) is 29.2 Å². The van der Waals surface area contributed by atoms with E-state index in [1.54, 1.807) is 0 Å². The number of sulfonamides is 1.